The summed E-state index contributed by atoms with van der Waals surface area (Å²) in [6.45, 7) is 6.10. The Labute approximate surface area is 226 Å². The lowest BCUT2D eigenvalue weighted by Crippen LogP contribution is -2.71. The second kappa shape index (κ2) is 11.1. The van der Waals surface area contributed by atoms with Crippen molar-refractivity contribution in [1.29, 1.82) is 0 Å². The van der Waals surface area contributed by atoms with Crippen LogP contribution >= 0.6 is 11.3 Å². The van der Waals surface area contributed by atoms with Crippen LogP contribution in [-0.2, 0) is 22.6 Å². The van der Waals surface area contributed by atoms with Crippen molar-refractivity contribution in [2.75, 3.05) is 26.2 Å². The summed E-state index contributed by atoms with van der Waals surface area (Å²) >= 11 is 1.91. The van der Waals surface area contributed by atoms with Crippen molar-refractivity contribution in [3.63, 3.8) is 0 Å². The first-order valence-corrected chi connectivity index (χ1v) is 15.8. The maximum atomic E-state index is 14.2. The normalized spacial score (nSPS) is 26.7. The lowest BCUT2D eigenvalue weighted by molar-refractivity contribution is -0.169. The molecule has 2 saturated heterocycles. The van der Waals surface area contributed by atoms with E-state index in [9.17, 15) is 9.59 Å². The fraction of sp³-hybridized carbons (Fsp3) is 0.677. The summed E-state index contributed by atoms with van der Waals surface area (Å²) in [7, 11) is 0. The van der Waals surface area contributed by atoms with E-state index in [1.165, 1.54) is 71.9 Å². The van der Waals surface area contributed by atoms with E-state index in [1.807, 2.05) is 16.2 Å². The second-order valence-corrected chi connectivity index (χ2v) is 13.1. The molecule has 2 aromatic rings. The predicted molar refractivity (Wildman–Crippen MR) is 151 cm³/mol. The van der Waals surface area contributed by atoms with Crippen molar-refractivity contribution in [2.45, 2.75) is 96.2 Å². The Morgan fingerprint density at radius 3 is 2.38 bits per heavy atom. The first kappa shape index (κ1) is 25.4. The van der Waals surface area contributed by atoms with Crippen LogP contribution in [0.15, 0.2) is 24.3 Å². The molecule has 0 bridgehead atoms. The number of benzene rings is 1. The van der Waals surface area contributed by atoms with Crippen molar-refractivity contribution in [3.05, 3.63) is 34.7 Å². The van der Waals surface area contributed by atoms with E-state index in [0.717, 1.165) is 38.9 Å². The maximum absolute atomic E-state index is 14.2. The number of thiophene rings is 1. The molecule has 0 radical (unpaired) electrons. The fourth-order valence-corrected chi connectivity index (χ4v) is 8.83. The predicted octanol–water partition coefficient (Wildman–Crippen LogP) is 5.85. The van der Waals surface area contributed by atoms with Gasteiger partial charge in [0.25, 0.3) is 0 Å². The van der Waals surface area contributed by atoms with Gasteiger partial charge in [-0.2, -0.15) is 0 Å². The molecule has 2 atom stereocenters. The van der Waals surface area contributed by atoms with Gasteiger partial charge in [0.2, 0.25) is 11.8 Å². The number of hydrogen-bond donors (Lipinski definition) is 0. The van der Waals surface area contributed by atoms with Gasteiger partial charge in [-0.25, -0.2) is 0 Å². The molecule has 6 rings (SSSR count). The zero-order chi connectivity index (χ0) is 25.4. The molecular formula is C31H43N3O2S. The van der Waals surface area contributed by atoms with E-state index in [0.29, 0.717) is 24.9 Å². The summed E-state index contributed by atoms with van der Waals surface area (Å²) in [5.74, 6) is 1.39. The molecule has 2 saturated carbocycles. The highest BCUT2D eigenvalue weighted by Crippen LogP contribution is 2.37. The van der Waals surface area contributed by atoms with Crippen molar-refractivity contribution in [1.82, 2.24) is 14.7 Å². The number of amides is 2. The molecule has 1 aromatic carbocycles. The second-order valence-electron chi connectivity index (χ2n) is 12.0. The minimum atomic E-state index is -0.320. The quantitative estimate of drug-likeness (QED) is 0.479. The minimum Gasteiger partial charge on any atom is -0.328 e. The molecule has 2 aliphatic carbocycles. The van der Waals surface area contributed by atoms with Crippen molar-refractivity contribution < 1.29 is 9.59 Å². The summed E-state index contributed by atoms with van der Waals surface area (Å²) in [4.78, 5) is 36.3. The smallest absolute Gasteiger partial charge is 0.247 e. The Kier molecular flexibility index (Phi) is 7.58. The van der Waals surface area contributed by atoms with Gasteiger partial charge in [0.05, 0.1) is 0 Å². The van der Waals surface area contributed by atoms with Gasteiger partial charge in [-0.05, 0) is 61.0 Å². The Morgan fingerprint density at radius 1 is 0.892 bits per heavy atom. The third-order valence-electron chi connectivity index (χ3n) is 9.67. The Hall–Kier alpha value is -1.92. The lowest BCUT2D eigenvalue weighted by atomic mass is 9.80. The standard InChI is InChI=1S/C31H43N3O2S/c1-2-27-25(24-15-9-10-16-28(24)37-27)20-32-17-18-33-26(21-32)30(35)34(19-22-11-5-3-6-12-22)29(31(33)36)23-13-7-4-8-14-23/h9-10,15-16,22-23,26,29H,2-8,11-14,17-21H2,1H3. The summed E-state index contributed by atoms with van der Waals surface area (Å²) in [6.07, 6.45) is 13.2. The van der Waals surface area contributed by atoms with Gasteiger partial charge >= 0.3 is 0 Å². The molecule has 37 heavy (non-hydrogen) atoms. The molecule has 4 aliphatic rings. The topological polar surface area (TPSA) is 43.9 Å². The number of aryl methyl sites for hydroxylation is 1. The van der Waals surface area contributed by atoms with Crippen LogP contribution in [-0.4, -0.2) is 64.8 Å². The first-order valence-electron chi connectivity index (χ1n) is 15.0. The molecule has 4 fully saturated rings. The molecular weight excluding hydrogens is 478 g/mol. The Balaban J connectivity index is 1.24. The minimum absolute atomic E-state index is 0.218. The number of fused-ring (bicyclic) bond motifs is 2. The molecule has 2 unspecified atom stereocenters. The third kappa shape index (κ3) is 4.96. The van der Waals surface area contributed by atoms with Crippen LogP contribution in [0.4, 0.5) is 0 Å². The van der Waals surface area contributed by atoms with Crippen molar-refractivity contribution in [3.8, 4) is 0 Å². The van der Waals surface area contributed by atoms with Gasteiger partial charge in [0.15, 0.2) is 0 Å². The highest BCUT2D eigenvalue weighted by atomic mass is 32.1. The van der Waals surface area contributed by atoms with E-state index >= 15 is 0 Å². The fourth-order valence-electron chi connectivity index (χ4n) is 7.68. The van der Waals surface area contributed by atoms with E-state index in [-0.39, 0.29) is 23.9 Å². The average molecular weight is 522 g/mol. The van der Waals surface area contributed by atoms with Gasteiger partial charge in [-0.3, -0.25) is 14.5 Å². The monoisotopic (exact) mass is 521 g/mol. The Bertz CT molecular complexity index is 1120. The number of hydrogen-bond acceptors (Lipinski definition) is 4. The van der Waals surface area contributed by atoms with Crippen LogP contribution < -0.4 is 0 Å². The van der Waals surface area contributed by atoms with E-state index < -0.39 is 0 Å². The number of piperazine rings is 2. The van der Waals surface area contributed by atoms with Crippen LogP contribution in [0, 0.1) is 11.8 Å². The van der Waals surface area contributed by atoms with Gasteiger partial charge in [0.1, 0.15) is 12.1 Å². The van der Waals surface area contributed by atoms with Crippen LogP contribution in [0.25, 0.3) is 10.1 Å². The molecule has 6 heteroatoms. The molecule has 2 amide bonds. The van der Waals surface area contributed by atoms with Crippen molar-refractivity contribution in [2.24, 2.45) is 11.8 Å². The highest BCUT2D eigenvalue weighted by molar-refractivity contribution is 7.19. The van der Waals surface area contributed by atoms with E-state index in [2.05, 4.69) is 41.0 Å². The van der Waals surface area contributed by atoms with Gasteiger partial charge < -0.3 is 9.80 Å². The Morgan fingerprint density at radius 2 is 1.62 bits per heavy atom. The van der Waals surface area contributed by atoms with Crippen LogP contribution in [0.5, 0.6) is 0 Å². The van der Waals surface area contributed by atoms with Gasteiger partial charge in [-0.1, -0.05) is 63.6 Å². The summed E-state index contributed by atoms with van der Waals surface area (Å²) < 4.78 is 1.35. The van der Waals surface area contributed by atoms with Crippen LogP contribution in [0.3, 0.4) is 0 Å². The number of carbonyl (C=O) groups excluding carboxylic acids is 2. The van der Waals surface area contributed by atoms with Crippen LogP contribution in [0.2, 0.25) is 0 Å². The number of nitrogens with zero attached hydrogens (tertiary/aromatic N) is 3. The summed E-state index contributed by atoms with van der Waals surface area (Å²) in [6, 6.07) is 8.18. The molecule has 2 aliphatic heterocycles. The molecule has 1 aromatic heterocycles. The lowest BCUT2D eigenvalue weighted by Gasteiger charge is -2.52. The largest absolute Gasteiger partial charge is 0.328 e. The molecule has 5 nitrogen and oxygen atoms in total. The average Bonchev–Trinajstić information content (AvgIpc) is 3.30. The zero-order valence-electron chi connectivity index (χ0n) is 22.5. The number of carbonyl (C=O) groups is 2. The van der Waals surface area contributed by atoms with E-state index in [1.54, 1.807) is 0 Å². The van der Waals surface area contributed by atoms with Crippen LogP contribution in [0.1, 0.15) is 81.6 Å². The zero-order valence-corrected chi connectivity index (χ0v) is 23.3. The molecule has 200 valence electrons. The first-order chi connectivity index (χ1) is 18.1. The SMILES string of the molecule is CCc1sc2ccccc2c1CN1CCN2C(=O)C(C3CCCCC3)N(CC3CCCCC3)C(=O)C2C1. The van der Waals surface area contributed by atoms with Gasteiger partial charge in [-0.15, -0.1) is 11.3 Å². The molecule has 0 N–H and O–H groups in total. The highest BCUT2D eigenvalue weighted by Gasteiger charge is 2.50. The summed E-state index contributed by atoms with van der Waals surface area (Å²) in [5, 5.41) is 1.36. The maximum Gasteiger partial charge on any atom is 0.247 e. The van der Waals surface area contributed by atoms with E-state index in [4.69, 9.17) is 0 Å². The third-order valence-corrected chi connectivity index (χ3v) is 11.0. The van der Waals surface area contributed by atoms with Gasteiger partial charge in [0, 0.05) is 42.3 Å². The van der Waals surface area contributed by atoms with Crippen molar-refractivity contribution >= 4 is 33.2 Å². The molecule has 3 heterocycles. The summed E-state index contributed by atoms with van der Waals surface area (Å²) in [5.41, 5.74) is 1.42. The molecule has 0 spiro atoms. The number of rotatable bonds is 6.